The summed E-state index contributed by atoms with van der Waals surface area (Å²) in [6, 6.07) is 0. The van der Waals surface area contributed by atoms with Crippen molar-refractivity contribution in [2.45, 2.75) is 26.7 Å². The number of hydrogen-bond donors (Lipinski definition) is 0. The summed E-state index contributed by atoms with van der Waals surface area (Å²) in [5.41, 5.74) is 2.69. The molecule has 0 amide bonds. The van der Waals surface area contributed by atoms with Crippen LogP contribution in [0.4, 0.5) is 0 Å². The molecule has 0 N–H and O–H groups in total. The Balaban J connectivity index is 0.000000206. The van der Waals surface area contributed by atoms with E-state index in [1.165, 1.54) is 11.1 Å². The molecule has 0 unspecified atom stereocenters. The molecule has 0 atom stereocenters. The Bertz CT molecular complexity index is 233. The van der Waals surface area contributed by atoms with Gasteiger partial charge in [-0.2, -0.15) is 12.2 Å². The van der Waals surface area contributed by atoms with Crippen LogP contribution in [-0.2, 0) is 20.0 Å². The fourth-order valence-corrected chi connectivity index (χ4v) is 0.998. The van der Waals surface area contributed by atoms with Crippen LogP contribution in [0.1, 0.15) is 26.7 Å². The number of allylic oxidation sites excluding steroid dienone is 8. The van der Waals surface area contributed by atoms with E-state index in [0.29, 0.717) is 0 Å². The van der Waals surface area contributed by atoms with Gasteiger partial charge >= 0.3 is 24.8 Å². The summed E-state index contributed by atoms with van der Waals surface area (Å²) in [4.78, 5) is 3.25. The first kappa shape index (κ1) is 13.5. The molecular weight excluding hydrogens is 204 g/mol. The predicted octanol–water partition coefficient (Wildman–Crippen LogP) is 3.36. The molecule has 0 bridgehead atoms. The normalized spacial score (nSPS) is 16.3. The molecule has 0 nitrogen and oxygen atoms in total. The summed E-state index contributed by atoms with van der Waals surface area (Å²) in [6.07, 6.45) is 16.5. The Morgan fingerprint density at radius 2 is 1.36 bits per heavy atom. The average molecular weight is 220 g/mol. The van der Waals surface area contributed by atoms with Gasteiger partial charge in [0.1, 0.15) is 0 Å². The van der Waals surface area contributed by atoms with Crippen LogP contribution in [0.3, 0.4) is 0 Å². The van der Waals surface area contributed by atoms with E-state index in [1.54, 1.807) is 20.0 Å². The second kappa shape index (κ2) is 9.11. The third kappa shape index (κ3) is 7.00. The molecule has 0 aromatic carbocycles. The molecule has 0 saturated heterocycles. The van der Waals surface area contributed by atoms with Crippen LogP contribution in [-0.4, -0.2) is 4.82 Å². The summed E-state index contributed by atoms with van der Waals surface area (Å²) < 4.78 is 0. The summed E-state index contributed by atoms with van der Waals surface area (Å²) >= 11 is 1.75. The van der Waals surface area contributed by atoms with Gasteiger partial charge in [0.25, 0.3) is 0 Å². The van der Waals surface area contributed by atoms with E-state index < -0.39 is 0 Å². The fourth-order valence-electron chi connectivity index (χ4n) is 0.998. The molecule has 0 fully saturated rings. The standard InChI is InChI=1S/2C6H7.CH2.Ti/c2*1-6-4-2-3-5-6;;/h2*4-5H,2H2,1H3;1H2;/q2*-1;;+2. The Kier molecular flexibility index (Phi) is 8.82. The van der Waals surface area contributed by atoms with Crippen LogP contribution in [0.2, 0.25) is 0 Å². The predicted molar refractivity (Wildman–Crippen MR) is 59.5 cm³/mol. The molecule has 0 spiro atoms. The summed E-state index contributed by atoms with van der Waals surface area (Å²) in [5.74, 6) is 0. The van der Waals surface area contributed by atoms with E-state index in [9.17, 15) is 0 Å². The van der Waals surface area contributed by atoms with Crippen molar-refractivity contribution >= 4 is 4.82 Å². The van der Waals surface area contributed by atoms with Crippen LogP contribution in [0.5, 0.6) is 0 Å². The monoisotopic (exact) mass is 220 g/mol. The van der Waals surface area contributed by atoms with Gasteiger partial charge in [-0.25, -0.2) is 23.3 Å². The average Bonchev–Trinajstić information content (AvgIpc) is 2.83. The Morgan fingerprint density at radius 3 is 1.43 bits per heavy atom. The van der Waals surface area contributed by atoms with Gasteiger partial charge in [0.2, 0.25) is 0 Å². The minimum absolute atomic E-state index is 1.02. The van der Waals surface area contributed by atoms with Crippen molar-refractivity contribution in [2.24, 2.45) is 0 Å². The third-order valence-corrected chi connectivity index (χ3v) is 1.74. The van der Waals surface area contributed by atoms with Crippen LogP contribution in [0.25, 0.3) is 0 Å². The van der Waals surface area contributed by atoms with Crippen LogP contribution in [0.15, 0.2) is 35.5 Å². The van der Waals surface area contributed by atoms with Crippen LogP contribution < -0.4 is 0 Å². The summed E-state index contributed by atoms with van der Waals surface area (Å²) in [7, 11) is 0. The second-order valence-corrected chi connectivity index (χ2v) is 3.00. The minimum atomic E-state index is 1.02. The molecule has 72 valence electrons. The van der Waals surface area contributed by atoms with Gasteiger partial charge in [0, 0.05) is 0 Å². The van der Waals surface area contributed by atoms with Crippen molar-refractivity contribution in [3.63, 3.8) is 0 Å². The van der Waals surface area contributed by atoms with Crippen molar-refractivity contribution < 1.29 is 20.0 Å². The van der Waals surface area contributed by atoms with E-state index in [0.717, 1.165) is 12.8 Å². The van der Waals surface area contributed by atoms with Gasteiger partial charge in [-0.15, -0.1) is 26.7 Å². The first-order chi connectivity index (χ1) is 6.79. The molecule has 0 saturated carbocycles. The Morgan fingerprint density at radius 1 is 1.00 bits per heavy atom. The van der Waals surface area contributed by atoms with Crippen molar-refractivity contribution in [1.29, 1.82) is 0 Å². The van der Waals surface area contributed by atoms with Crippen LogP contribution in [0, 0.1) is 12.2 Å². The Hall–Kier alpha value is -0.456. The number of rotatable bonds is 0. The van der Waals surface area contributed by atoms with E-state index in [-0.39, 0.29) is 0 Å². The van der Waals surface area contributed by atoms with Gasteiger partial charge in [-0.1, -0.05) is 0 Å². The number of hydrogen-bond acceptors (Lipinski definition) is 0. The van der Waals surface area contributed by atoms with E-state index in [4.69, 9.17) is 0 Å². The molecule has 2 aliphatic rings. The quantitative estimate of drug-likeness (QED) is 0.433. The van der Waals surface area contributed by atoms with Gasteiger partial charge in [0.15, 0.2) is 0 Å². The zero-order valence-electron chi connectivity index (χ0n) is 8.93. The van der Waals surface area contributed by atoms with Gasteiger partial charge in [-0.05, 0) is 0 Å². The van der Waals surface area contributed by atoms with Gasteiger partial charge in [-0.3, -0.25) is 12.2 Å². The molecule has 2 aliphatic carbocycles. The maximum atomic E-state index is 3.25. The third-order valence-electron chi connectivity index (χ3n) is 1.74. The van der Waals surface area contributed by atoms with Crippen molar-refractivity contribution in [3.05, 3.63) is 47.6 Å². The topological polar surface area (TPSA) is 0 Å². The SMILES string of the molecule is CC1=CC[C-]=C1.CC1=CC[C-]=C1.[CH2]=[Ti+2]. The Labute approximate surface area is 99.0 Å². The van der Waals surface area contributed by atoms with E-state index in [2.05, 4.69) is 43.0 Å². The molecule has 0 heterocycles. The molecule has 2 rings (SSSR count). The molecule has 0 aromatic rings. The molecular formula is C13H16Ti. The molecule has 1 heteroatoms. The first-order valence-corrected chi connectivity index (χ1v) is 5.71. The van der Waals surface area contributed by atoms with Crippen molar-refractivity contribution in [3.8, 4) is 0 Å². The second-order valence-electron chi connectivity index (χ2n) is 3.00. The van der Waals surface area contributed by atoms with Crippen molar-refractivity contribution in [2.75, 3.05) is 0 Å². The zero-order valence-corrected chi connectivity index (χ0v) is 10.5. The van der Waals surface area contributed by atoms with E-state index in [1.807, 2.05) is 12.2 Å². The van der Waals surface area contributed by atoms with Crippen molar-refractivity contribution in [1.82, 2.24) is 0 Å². The molecule has 0 aromatic heterocycles. The van der Waals surface area contributed by atoms with Gasteiger partial charge in [0.05, 0.1) is 0 Å². The molecule has 0 aliphatic heterocycles. The molecule has 14 heavy (non-hydrogen) atoms. The van der Waals surface area contributed by atoms with Crippen LogP contribution >= 0.6 is 0 Å². The first-order valence-electron chi connectivity index (χ1n) is 4.61. The zero-order chi connectivity index (χ0) is 10.8. The van der Waals surface area contributed by atoms with Gasteiger partial charge < -0.3 is 0 Å². The maximum absolute atomic E-state index is 3.25. The summed E-state index contributed by atoms with van der Waals surface area (Å²) in [6.45, 7) is 4.17. The van der Waals surface area contributed by atoms with E-state index >= 15 is 0 Å². The molecule has 0 radical (unpaired) electrons. The summed E-state index contributed by atoms with van der Waals surface area (Å²) in [5, 5.41) is 0. The fraction of sp³-hybridized carbons (Fsp3) is 0.308.